The van der Waals surface area contributed by atoms with Gasteiger partial charge in [-0.25, -0.2) is 9.98 Å². The zero-order chi connectivity index (χ0) is 14.9. The normalized spacial score (nSPS) is 16.8. The highest BCUT2D eigenvalue weighted by Crippen LogP contribution is 2.29. The Morgan fingerprint density at radius 3 is 1.48 bits per heavy atom. The van der Waals surface area contributed by atoms with Gasteiger partial charge in [0, 0.05) is 17.0 Å². The third-order valence-electron chi connectivity index (χ3n) is 3.65. The summed E-state index contributed by atoms with van der Waals surface area (Å²) < 4.78 is 0. The highest BCUT2D eigenvalue weighted by atomic mass is 16.3. The van der Waals surface area contributed by atoms with Crippen LogP contribution in [0.1, 0.15) is 25.0 Å². The van der Waals surface area contributed by atoms with Crippen LogP contribution in [0, 0.1) is 5.92 Å². The Morgan fingerprint density at radius 1 is 0.762 bits per heavy atom. The molecule has 0 bridgehead atoms. The van der Waals surface area contributed by atoms with Crippen LogP contribution in [0.15, 0.2) is 70.6 Å². The first kappa shape index (κ1) is 13.7. The minimum Gasteiger partial charge on any atom is -0.351 e. The number of hydrogen-bond acceptors (Lipinski definition) is 3. The van der Waals surface area contributed by atoms with E-state index < -0.39 is 5.85 Å². The van der Waals surface area contributed by atoms with Gasteiger partial charge in [-0.2, -0.15) is 0 Å². The van der Waals surface area contributed by atoms with Crippen LogP contribution in [0.4, 0.5) is 0 Å². The fraction of sp³-hybridized carbons (Fsp3) is 0.222. The molecule has 0 aliphatic carbocycles. The average molecular weight is 278 g/mol. The quantitative estimate of drug-likeness (QED) is 0.920. The maximum absolute atomic E-state index is 10.7. The zero-order valence-electron chi connectivity index (χ0n) is 12.2. The van der Waals surface area contributed by atoms with Crippen LogP contribution < -0.4 is 0 Å². The molecule has 1 N–H and O–H groups in total. The second-order valence-corrected chi connectivity index (χ2v) is 5.49. The number of benzene rings is 2. The van der Waals surface area contributed by atoms with Crippen molar-refractivity contribution < 1.29 is 5.11 Å². The Labute approximate surface area is 124 Å². The van der Waals surface area contributed by atoms with Crippen molar-refractivity contribution in [3.8, 4) is 0 Å². The lowest BCUT2D eigenvalue weighted by molar-refractivity contribution is 0.0161. The Balaban J connectivity index is 2.14. The molecule has 2 aromatic carbocycles. The van der Waals surface area contributed by atoms with Gasteiger partial charge < -0.3 is 5.11 Å². The lowest BCUT2D eigenvalue weighted by Crippen LogP contribution is -2.28. The van der Waals surface area contributed by atoms with Gasteiger partial charge in [-0.05, 0) is 0 Å². The van der Waals surface area contributed by atoms with E-state index in [1.807, 2.05) is 74.5 Å². The van der Waals surface area contributed by atoms with Crippen LogP contribution in [-0.2, 0) is 0 Å². The number of nitrogens with zero attached hydrogens (tertiary/aromatic N) is 2. The van der Waals surface area contributed by atoms with E-state index in [1.54, 1.807) is 0 Å². The summed E-state index contributed by atoms with van der Waals surface area (Å²) in [5.74, 6) is -1.46. The van der Waals surface area contributed by atoms with Crippen LogP contribution in [-0.4, -0.2) is 22.4 Å². The van der Waals surface area contributed by atoms with Gasteiger partial charge in [-0.15, -0.1) is 0 Å². The van der Waals surface area contributed by atoms with Gasteiger partial charge in [-0.1, -0.05) is 74.5 Å². The second-order valence-electron chi connectivity index (χ2n) is 5.49. The van der Waals surface area contributed by atoms with Crippen LogP contribution >= 0.6 is 0 Å². The number of aliphatic imine (C=N–C) groups is 2. The monoisotopic (exact) mass is 278 g/mol. The first-order valence-electron chi connectivity index (χ1n) is 7.13. The van der Waals surface area contributed by atoms with Crippen LogP contribution in [0.2, 0.25) is 0 Å². The molecule has 0 unspecified atom stereocenters. The predicted octanol–water partition coefficient (Wildman–Crippen LogP) is 3.28. The molecule has 0 amide bonds. The van der Waals surface area contributed by atoms with Crippen molar-refractivity contribution in [2.24, 2.45) is 15.9 Å². The molecule has 0 saturated carbocycles. The molecule has 1 aliphatic heterocycles. The molecule has 1 heterocycles. The lowest BCUT2D eigenvalue weighted by Gasteiger charge is -2.19. The fourth-order valence-corrected chi connectivity index (χ4v) is 2.31. The molecule has 3 rings (SSSR count). The van der Waals surface area contributed by atoms with Gasteiger partial charge in [0.25, 0.3) is 5.85 Å². The van der Waals surface area contributed by atoms with Crippen molar-refractivity contribution in [1.29, 1.82) is 0 Å². The van der Waals surface area contributed by atoms with Gasteiger partial charge in [0.15, 0.2) is 0 Å². The number of hydrogen-bond donors (Lipinski definition) is 1. The molecule has 21 heavy (non-hydrogen) atoms. The SMILES string of the molecule is CC(C)C1(O)N=C(c2ccccc2)C(c2ccccc2)=N1. The van der Waals surface area contributed by atoms with E-state index in [1.165, 1.54) is 0 Å². The van der Waals surface area contributed by atoms with Gasteiger partial charge in [0.05, 0.1) is 11.4 Å². The van der Waals surface area contributed by atoms with E-state index >= 15 is 0 Å². The Hall–Kier alpha value is -2.26. The molecule has 3 nitrogen and oxygen atoms in total. The van der Waals surface area contributed by atoms with E-state index in [0.717, 1.165) is 22.6 Å². The first-order valence-corrected chi connectivity index (χ1v) is 7.13. The molecule has 0 atom stereocenters. The summed E-state index contributed by atoms with van der Waals surface area (Å²) in [6, 6.07) is 19.8. The number of aliphatic hydroxyl groups is 1. The molecule has 106 valence electrons. The van der Waals surface area contributed by atoms with E-state index in [4.69, 9.17) is 0 Å². The van der Waals surface area contributed by atoms with Crippen LogP contribution in [0.5, 0.6) is 0 Å². The molecule has 2 aromatic rings. The largest absolute Gasteiger partial charge is 0.351 e. The van der Waals surface area contributed by atoms with E-state index in [2.05, 4.69) is 9.98 Å². The molecular formula is C18H18N2O. The zero-order valence-corrected chi connectivity index (χ0v) is 12.2. The van der Waals surface area contributed by atoms with Gasteiger partial charge >= 0.3 is 0 Å². The fourth-order valence-electron chi connectivity index (χ4n) is 2.31. The van der Waals surface area contributed by atoms with Crippen molar-refractivity contribution in [3.63, 3.8) is 0 Å². The second kappa shape index (κ2) is 5.26. The van der Waals surface area contributed by atoms with Crippen molar-refractivity contribution in [2.45, 2.75) is 19.7 Å². The minimum absolute atomic E-state index is 0.0857. The van der Waals surface area contributed by atoms with Crippen LogP contribution in [0.3, 0.4) is 0 Å². The summed E-state index contributed by atoms with van der Waals surface area (Å²) in [7, 11) is 0. The molecule has 0 radical (unpaired) electrons. The summed E-state index contributed by atoms with van der Waals surface area (Å²) in [6.45, 7) is 3.84. The first-order chi connectivity index (χ1) is 10.1. The van der Waals surface area contributed by atoms with E-state index in [-0.39, 0.29) is 5.92 Å². The molecular weight excluding hydrogens is 260 g/mol. The average Bonchev–Trinajstić information content (AvgIpc) is 2.89. The molecule has 1 aliphatic rings. The van der Waals surface area contributed by atoms with Crippen molar-refractivity contribution in [1.82, 2.24) is 0 Å². The highest BCUT2D eigenvalue weighted by Gasteiger charge is 2.37. The van der Waals surface area contributed by atoms with E-state index in [0.29, 0.717) is 0 Å². The number of rotatable bonds is 3. The maximum Gasteiger partial charge on any atom is 0.257 e. The maximum atomic E-state index is 10.7. The third-order valence-corrected chi connectivity index (χ3v) is 3.65. The molecule has 3 heteroatoms. The third kappa shape index (κ3) is 2.52. The molecule has 0 fully saturated rings. The Morgan fingerprint density at radius 2 is 1.14 bits per heavy atom. The summed E-state index contributed by atoms with van der Waals surface area (Å²) in [5, 5.41) is 10.7. The molecule has 0 spiro atoms. The van der Waals surface area contributed by atoms with Gasteiger partial charge in [-0.3, -0.25) is 0 Å². The Bertz CT molecular complexity index is 632. The summed E-state index contributed by atoms with van der Waals surface area (Å²) in [4.78, 5) is 9.03. The highest BCUT2D eigenvalue weighted by molar-refractivity contribution is 6.54. The minimum atomic E-state index is -1.38. The lowest BCUT2D eigenvalue weighted by atomic mass is 10.0. The van der Waals surface area contributed by atoms with Gasteiger partial charge in [0.2, 0.25) is 0 Å². The van der Waals surface area contributed by atoms with Crippen molar-refractivity contribution in [2.75, 3.05) is 0 Å². The summed E-state index contributed by atoms with van der Waals surface area (Å²) >= 11 is 0. The molecule has 0 saturated heterocycles. The smallest absolute Gasteiger partial charge is 0.257 e. The molecule has 0 aromatic heterocycles. The van der Waals surface area contributed by atoms with Crippen LogP contribution in [0.25, 0.3) is 0 Å². The van der Waals surface area contributed by atoms with E-state index in [9.17, 15) is 5.11 Å². The predicted molar refractivity (Wildman–Crippen MR) is 85.7 cm³/mol. The van der Waals surface area contributed by atoms with Crippen molar-refractivity contribution >= 4 is 11.4 Å². The topological polar surface area (TPSA) is 45.0 Å². The summed E-state index contributed by atoms with van der Waals surface area (Å²) in [6.07, 6.45) is 0. The Kier molecular flexibility index (Phi) is 3.43. The summed E-state index contributed by atoms with van der Waals surface area (Å²) in [5.41, 5.74) is 3.43. The van der Waals surface area contributed by atoms with Gasteiger partial charge in [0.1, 0.15) is 0 Å². The standard InChI is InChI=1S/C18H18N2O/c1-13(2)18(21)19-16(14-9-5-3-6-10-14)17(20-18)15-11-7-4-8-12-15/h3-13,21H,1-2H3. The van der Waals surface area contributed by atoms with Crippen molar-refractivity contribution in [3.05, 3.63) is 71.8 Å².